The van der Waals surface area contributed by atoms with Crippen molar-refractivity contribution >= 4 is 41.3 Å². The first kappa shape index (κ1) is 19.0. The van der Waals surface area contributed by atoms with Gasteiger partial charge in [-0.1, -0.05) is 35.9 Å². The third kappa shape index (κ3) is 6.79. The Morgan fingerprint density at radius 1 is 1.18 bits per heavy atom. The normalized spacial score (nSPS) is 10.9. The summed E-state index contributed by atoms with van der Waals surface area (Å²) in [4.78, 5) is 6.04. The van der Waals surface area contributed by atoms with Crippen LogP contribution in [-0.4, -0.2) is 19.0 Å². The average Bonchev–Trinajstić information content (AvgIpc) is 2.98. The fraction of sp³-hybridized carbons (Fsp3) is 0.353. The van der Waals surface area contributed by atoms with E-state index in [-0.39, 0.29) is 24.0 Å². The minimum absolute atomic E-state index is 0. The molecule has 1 aromatic carbocycles. The second kappa shape index (κ2) is 10.6. The van der Waals surface area contributed by atoms with Crippen LogP contribution in [0.15, 0.2) is 46.8 Å². The predicted molar refractivity (Wildman–Crippen MR) is 107 cm³/mol. The van der Waals surface area contributed by atoms with Crippen molar-refractivity contribution in [1.82, 2.24) is 10.6 Å². The summed E-state index contributed by atoms with van der Waals surface area (Å²) in [6.07, 6.45) is 1.03. The second-order valence-electron chi connectivity index (χ2n) is 4.94. The van der Waals surface area contributed by atoms with E-state index in [1.54, 1.807) is 11.3 Å². The van der Waals surface area contributed by atoms with Gasteiger partial charge < -0.3 is 10.6 Å². The standard InChI is InChI=1S/C17H23N3S.HI/c1-3-18-17(19-10-9-16-8-5-11-21-16)20-13-15-7-4-6-14(2)12-15;/h4-8,11-12H,3,9-10,13H2,1-2H3,(H2,18,19,20);1H. The van der Waals surface area contributed by atoms with Gasteiger partial charge in [-0.05, 0) is 37.3 Å². The van der Waals surface area contributed by atoms with E-state index in [4.69, 9.17) is 0 Å². The van der Waals surface area contributed by atoms with E-state index >= 15 is 0 Å². The van der Waals surface area contributed by atoms with Crippen molar-refractivity contribution in [1.29, 1.82) is 0 Å². The molecule has 0 aliphatic rings. The Balaban J connectivity index is 0.00000242. The molecule has 0 atom stereocenters. The van der Waals surface area contributed by atoms with Gasteiger partial charge in [-0.2, -0.15) is 0 Å². The van der Waals surface area contributed by atoms with Crippen molar-refractivity contribution < 1.29 is 0 Å². The Hall–Kier alpha value is -1.08. The van der Waals surface area contributed by atoms with Gasteiger partial charge in [-0.3, -0.25) is 0 Å². The molecule has 1 aromatic heterocycles. The first-order valence-electron chi connectivity index (χ1n) is 7.38. The quantitative estimate of drug-likeness (QED) is 0.414. The van der Waals surface area contributed by atoms with Crippen molar-refractivity contribution in [2.75, 3.05) is 13.1 Å². The van der Waals surface area contributed by atoms with Gasteiger partial charge in [0.05, 0.1) is 6.54 Å². The molecule has 120 valence electrons. The van der Waals surface area contributed by atoms with E-state index in [9.17, 15) is 0 Å². The molecule has 22 heavy (non-hydrogen) atoms. The molecule has 2 N–H and O–H groups in total. The van der Waals surface area contributed by atoms with Crippen molar-refractivity contribution in [3.8, 4) is 0 Å². The molecule has 2 aromatic rings. The lowest BCUT2D eigenvalue weighted by atomic mass is 10.1. The van der Waals surface area contributed by atoms with Gasteiger partial charge in [0.2, 0.25) is 0 Å². The maximum Gasteiger partial charge on any atom is 0.191 e. The Bertz CT molecular complexity index is 567. The van der Waals surface area contributed by atoms with E-state index in [1.165, 1.54) is 16.0 Å². The number of halogens is 1. The number of guanidine groups is 1. The topological polar surface area (TPSA) is 36.4 Å². The zero-order valence-corrected chi connectivity index (χ0v) is 16.3. The monoisotopic (exact) mass is 429 g/mol. The van der Waals surface area contributed by atoms with E-state index in [0.29, 0.717) is 6.54 Å². The molecule has 0 bridgehead atoms. The summed E-state index contributed by atoms with van der Waals surface area (Å²) >= 11 is 1.80. The lowest BCUT2D eigenvalue weighted by Crippen LogP contribution is -2.38. The Kier molecular flexibility index (Phi) is 9.15. The molecule has 0 radical (unpaired) electrons. The Morgan fingerprint density at radius 3 is 2.73 bits per heavy atom. The van der Waals surface area contributed by atoms with Crippen molar-refractivity contribution in [2.24, 2.45) is 4.99 Å². The van der Waals surface area contributed by atoms with Gasteiger partial charge in [-0.15, -0.1) is 35.3 Å². The number of benzene rings is 1. The summed E-state index contributed by atoms with van der Waals surface area (Å²) in [5, 5.41) is 8.80. The molecule has 0 aliphatic heterocycles. The molecule has 0 unspecified atom stereocenters. The van der Waals surface area contributed by atoms with E-state index in [1.807, 2.05) is 0 Å². The summed E-state index contributed by atoms with van der Waals surface area (Å²) in [6, 6.07) is 12.7. The smallest absolute Gasteiger partial charge is 0.191 e. The van der Waals surface area contributed by atoms with Crippen LogP contribution in [0.5, 0.6) is 0 Å². The Morgan fingerprint density at radius 2 is 2.05 bits per heavy atom. The lowest BCUT2D eigenvalue weighted by molar-refractivity contribution is 0.804. The molecule has 0 fully saturated rings. The highest BCUT2D eigenvalue weighted by molar-refractivity contribution is 14.0. The first-order chi connectivity index (χ1) is 10.3. The zero-order chi connectivity index (χ0) is 14.9. The van der Waals surface area contributed by atoms with Crippen LogP contribution in [0.25, 0.3) is 0 Å². The van der Waals surface area contributed by atoms with Crippen LogP contribution in [0.4, 0.5) is 0 Å². The molecular formula is C17H24IN3S. The number of aryl methyl sites for hydroxylation is 1. The largest absolute Gasteiger partial charge is 0.357 e. The number of nitrogens with one attached hydrogen (secondary N) is 2. The van der Waals surface area contributed by atoms with Gasteiger partial charge >= 0.3 is 0 Å². The number of hydrogen-bond donors (Lipinski definition) is 2. The number of thiophene rings is 1. The molecule has 2 rings (SSSR count). The van der Waals surface area contributed by atoms with E-state index in [0.717, 1.165) is 25.5 Å². The van der Waals surface area contributed by atoms with Gasteiger partial charge in [0.25, 0.3) is 0 Å². The van der Waals surface area contributed by atoms with Crippen LogP contribution < -0.4 is 10.6 Å². The maximum absolute atomic E-state index is 4.64. The molecule has 3 nitrogen and oxygen atoms in total. The van der Waals surface area contributed by atoms with Gasteiger partial charge in [0, 0.05) is 18.0 Å². The van der Waals surface area contributed by atoms with E-state index < -0.39 is 0 Å². The summed E-state index contributed by atoms with van der Waals surface area (Å²) in [7, 11) is 0. The minimum Gasteiger partial charge on any atom is -0.357 e. The molecule has 0 aliphatic carbocycles. The number of rotatable bonds is 6. The summed E-state index contributed by atoms with van der Waals surface area (Å²) in [6.45, 7) is 6.68. The predicted octanol–water partition coefficient (Wildman–Crippen LogP) is 3.97. The van der Waals surface area contributed by atoms with Crippen LogP contribution in [0.3, 0.4) is 0 Å². The van der Waals surface area contributed by atoms with Crippen molar-refractivity contribution in [3.63, 3.8) is 0 Å². The molecule has 0 saturated heterocycles. The third-order valence-corrected chi connectivity index (χ3v) is 4.03. The van der Waals surface area contributed by atoms with Gasteiger partial charge in [-0.25, -0.2) is 4.99 Å². The number of hydrogen-bond acceptors (Lipinski definition) is 2. The van der Waals surface area contributed by atoms with Crippen LogP contribution in [-0.2, 0) is 13.0 Å². The fourth-order valence-electron chi connectivity index (χ4n) is 2.08. The fourth-order valence-corrected chi connectivity index (χ4v) is 2.79. The molecule has 0 spiro atoms. The lowest BCUT2D eigenvalue weighted by Gasteiger charge is -2.11. The average molecular weight is 429 g/mol. The van der Waals surface area contributed by atoms with Crippen LogP contribution in [0.2, 0.25) is 0 Å². The van der Waals surface area contributed by atoms with Crippen LogP contribution >= 0.6 is 35.3 Å². The highest BCUT2D eigenvalue weighted by Gasteiger charge is 1.99. The number of aliphatic imine (C=N–C) groups is 1. The van der Waals surface area contributed by atoms with Crippen molar-refractivity contribution in [3.05, 3.63) is 57.8 Å². The number of nitrogens with zero attached hydrogens (tertiary/aromatic N) is 1. The molecule has 0 amide bonds. The molecule has 0 saturated carbocycles. The van der Waals surface area contributed by atoms with E-state index in [2.05, 4.69) is 71.3 Å². The molecular weight excluding hydrogens is 405 g/mol. The first-order valence-corrected chi connectivity index (χ1v) is 8.26. The Labute approximate surface area is 154 Å². The second-order valence-corrected chi connectivity index (χ2v) is 5.97. The maximum atomic E-state index is 4.64. The van der Waals surface area contributed by atoms with Gasteiger partial charge in [0.1, 0.15) is 0 Å². The highest BCUT2D eigenvalue weighted by atomic mass is 127. The highest BCUT2D eigenvalue weighted by Crippen LogP contribution is 2.08. The van der Waals surface area contributed by atoms with Crippen LogP contribution in [0.1, 0.15) is 22.9 Å². The summed E-state index contributed by atoms with van der Waals surface area (Å²) in [5.74, 6) is 0.885. The van der Waals surface area contributed by atoms with Crippen LogP contribution in [0, 0.1) is 6.92 Å². The minimum atomic E-state index is 0. The third-order valence-electron chi connectivity index (χ3n) is 3.09. The van der Waals surface area contributed by atoms with Crippen molar-refractivity contribution in [2.45, 2.75) is 26.8 Å². The molecule has 1 heterocycles. The van der Waals surface area contributed by atoms with Gasteiger partial charge in [0.15, 0.2) is 5.96 Å². The summed E-state index contributed by atoms with van der Waals surface area (Å²) < 4.78 is 0. The SMILES string of the molecule is CCNC(=NCc1cccc(C)c1)NCCc1cccs1.I. The summed E-state index contributed by atoms with van der Waals surface area (Å²) in [5.41, 5.74) is 2.52. The molecule has 5 heteroatoms. The zero-order valence-electron chi connectivity index (χ0n) is 13.1.